The summed E-state index contributed by atoms with van der Waals surface area (Å²) in [6.45, 7) is 4.92. The highest BCUT2D eigenvalue weighted by atomic mass is 16.3. The van der Waals surface area contributed by atoms with Gasteiger partial charge in [0.1, 0.15) is 11.3 Å². The Morgan fingerprint density at radius 2 is 1.75 bits per heavy atom. The molecular weight excluding hydrogens is 456 g/mol. The van der Waals surface area contributed by atoms with E-state index in [0.717, 1.165) is 12.8 Å². The first-order valence-corrected chi connectivity index (χ1v) is 13.3. The number of hydrogen-bond donors (Lipinski definition) is 4. The van der Waals surface area contributed by atoms with Crippen molar-refractivity contribution in [2.45, 2.75) is 58.1 Å². The van der Waals surface area contributed by atoms with E-state index >= 15 is 0 Å². The molecule has 7 nitrogen and oxygen atoms in total. The van der Waals surface area contributed by atoms with Crippen molar-refractivity contribution in [2.75, 3.05) is 6.54 Å². The maximum absolute atomic E-state index is 12.6. The average molecular weight is 495 g/mol. The molecular formula is C29H38N2O5. The first kappa shape index (κ1) is 26.1. The van der Waals surface area contributed by atoms with Crippen LogP contribution in [0.4, 0.5) is 0 Å². The predicted molar refractivity (Wildman–Crippen MR) is 138 cm³/mol. The van der Waals surface area contributed by atoms with Crippen LogP contribution in [0.1, 0.15) is 46.0 Å². The molecule has 36 heavy (non-hydrogen) atoms. The lowest BCUT2D eigenvalue weighted by atomic mass is 9.76. The molecule has 4 aliphatic rings. The monoisotopic (exact) mass is 494 g/mol. The van der Waals surface area contributed by atoms with Crippen molar-refractivity contribution in [2.24, 2.45) is 35.5 Å². The van der Waals surface area contributed by atoms with Crippen LogP contribution in [0, 0.1) is 35.5 Å². The fourth-order valence-electron chi connectivity index (χ4n) is 6.93. The molecule has 2 amide bonds. The topological polar surface area (TPSA) is 116 Å². The van der Waals surface area contributed by atoms with Gasteiger partial charge in [0.05, 0.1) is 12.1 Å². The van der Waals surface area contributed by atoms with E-state index in [1.165, 1.54) is 18.6 Å². The highest BCUT2D eigenvalue weighted by Gasteiger charge is 2.52. The molecule has 0 aromatic rings. The smallest absolute Gasteiger partial charge is 0.259 e. The van der Waals surface area contributed by atoms with Gasteiger partial charge in [0.25, 0.3) is 5.91 Å². The van der Waals surface area contributed by atoms with Crippen LogP contribution in [-0.4, -0.2) is 46.5 Å². The number of aliphatic hydroxyl groups is 2. The number of hydrogen-bond acceptors (Lipinski definition) is 5. The van der Waals surface area contributed by atoms with Crippen LogP contribution >= 0.6 is 0 Å². The molecule has 0 spiro atoms. The summed E-state index contributed by atoms with van der Waals surface area (Å²) in [6, 6.07) is -0.714. The lowest BCUT2D eigenvalue weighted by Crippen LogP contribution is -2.31. The SMILES string of the molecule is CC[C@H]1C[C@@H]2C[C@@H]3C=CC=CC(=O)NCCC[C@@H]4NC(=O)C(=C(O)C=CC=C[C@H](O)[C@H]3[C@@H]2[C@H]1C)C4=O. The highest BCUT2D eigenvalue weighted by Crippen LogP contribution is 2.57. The van der Waals surface area contributed by atoms with Gasteiger partial charge in [-0.1, -0.05) is 56.7 Å². The van der Waals surface area contributed by atoms with E-state index in [1.54, 1.807) is 24.3 Å². The van der Waals surface area contributed by atoms with E-state index in [0.29, 0.717) is 43.1 Å². The number of nitrogens with one attached hydrogen (secondary N) is 2. The van der Waals surface area contributed by atoms with Gasteiger partial charge in [-0.05, 0) is 67.3 Å². The van der Waals surface area contributed by atoms with Crippen molar-refractivity contribution in [3.63, 3.8) is 0 Å². The number of Topliss-reactive ketones (excluding diaryl/α,β-unsaturated/α-hetero) is 1. The van der Waals surface area contributed by atoms with E-state index < -0.39 is 23.8 Å². The van der Waals surface area contributed by atoms with Crippen molar-refractivity contribution in [3.05, 3.63) is 59.9 Å². The molecule has 1 saturated heterocycles. The molecule has 2 aliphatic carbocycles. The summed E-state index contributed by atoms with van der Waals surface area (Å²) in [5.74, 6) is 0.815. The van der Waals surface area contributed by atoms with Crippen LogP contribution in [0.5, 0.6) is 0 Å². The fraction of sp³-hybridized carbons (Fsp3) is 0.552. The minimum atomic E-state index is -0.714. The molecule has 2 saturated carbocycles. The molecule has 0 radical (unpaired) electrons. The van der Waals surface area contributed by atoms with Crippen LogP contribution in [0.25, 0.3) is 0 Å². The molecule has 2 heterocycles. The van der Waals surface area contributed by atoms with Crippen LogP contribution in [0.3, 0.4) is 0 Å². The molecule has 0 aromatic heterocycles. The summed E-state index contributed by atoms with van der Waals surface area (Å²) < 4.78 is 0. The number of allylic oxidation sites excluding steroid dienone is 6. The first-order chi connectivity index (χ1) is 17.3. The van der Waals surface area contributed by atoms with Crippen molar-refractivity contribution in [1.29, 1.82) is 0 Å². The Kier molecular flexibility index (Phi) is 8.29. The summed E-state index contributed by atoms with van der Waals surface area (Å²) in [6.07, 6.45) is 17.1. The highest BCUT2D eigenvalue weighted by molar-refractivity contribution is 6.27. The van der Waals surface area contributed by atoms with Gasteiger partial charge in [-0.2, -0.15) is 0 Å². The molecule has 8 atom stereocenters. The van der Waals surface area contributed by atoms with Gasteiger partial charge >= 0.3 is 0 Å². The molecule has 4 rings (SSSR count). The van der Waals surface area contributed by atoms with Gasteiger partial charge in [-0.3, -0.25) is 14.4 Å². The lowest BCUT2D eigenvalue weighted by molar-refractivity contribution is -0.118. The van der Waals surface area contributed by atoms with Gasteiger partial charge in [0, 0.05) is 12.6 Å². The zero-order valence-electron chi connectivity index (χ0n) is 21.1. The zero-order valence-corrected chi connectivity index (χ0v) is 21.1. The van der Waals surface area contributed by atoms with Gasteiger partial charge in [0.15, 0.2) is 5.78 Å². The van der Waals surface area contributed by atoms with E-state index in [4.69, 9.17) is 0 Å². The number of ketones is 1. The normalized spacial score (nSPS) is 37.6. The maximum Gasteiger partial charge on any atom is 0.259 e. The second-order valence-corrected chi connectivity index (χ2v) is 10.6. The Bertz CT molecular complexity index is 1020. The Morgan fingerprint density at radius 1 is 1.00 bits per heavy atom. The second kappa shape index (κ2) is 11.4. The number of rotatable bonds is 1. The Labute approximate surface area is 213 Å². The van der Waals surface area contributed by atoms with Crippen LogP contribution in [0.2, 0.25) is 0 Å². The summed E-state index contributed by atoms with van der Waals surface area (Å²) >= 11 is 0. The Morgan fingerprint density at radius 3 is 2.53 bits per heavy atom. The van der Waals surface area contributed by atoms with E-state index in [2.05, 4.69) is 30.6 Å². The summed E-state index contributed by atoms with van der Waals surface area (Å²) in [5, 5.41) is 27.0. The number of amides is 2. The van der Waals surface area contributed by atoms with Gasteiger partial charge in [-0.15, -0.1) is 0 Å². The van der Waals surface area contributed by atoms with Gasteiger partial charge < -0.3 is 20.8 Å². The quantitative estimate of drug-likeness (QED) is 0.418. The van der Waals surface area contributed by atoms with Crippen LogP contribution in [-0.2, 0) is 14.4 Å². The number of carbonyl (C=O) groups is 3. The molecule has 194 valence electrons. The van der Waals surface area contributed by atoms with E-state index in [9.17, 15) is 24.6 Å². The van der Waals surface area contributed by atoms with Crippen LogP contribution < -0.4 is 10.6 Å². The molecule has 0 aromatic carbocycles. The lowest BCUT2D eigenvalue weighted by Gasteiger charge is -2.30. The predicted octanol–water partition coefficient (Wildman–Crippen LogP) is 3.30. The minimum absolute atomic E-state index is 0.0603. The molecule has 2 bridgehead atoms. The molecule has 0 unspecified atom stereocenters. The standard InChI is InChI=1S/C29H38N2O5/c1-3-18-15-20-16-19-9-4-7-13-24(34)30-14-8-10-21-28(35)27(29(36)31-21)23(33)12-6-5-11-22(32)26(19)25(20)17(18)2/h4-7,9,11-13,17-22,25-26,32-33H,3,8,10,14-16H2,1-2H3,(H,30,34)(H,31,36)/t17-,18-,19-,20+,21-,22-,25+,26-/m0/s1. The summed E-state index contributed by atoms with van der Waals surface area (Å²) in [5.41, 5.74) is -0.249. The van der Waals surface area contributed by atoms with Crippen LogP contribution in [0.15, 0.2) is 59.9 Å². The van der Waals surface area contributed by atoms with Gasteiger partial charge in [0.2, 0.25) is 5.91 Å². The van der Waals surface area contributed by atoms with E-state index in [1.807, 2.05) is 6.08 Å². The number of aliphatic hydroxyl groups excluding tert-OH is 2. The third-order valence-corrected chi connectivity index (χ3v) is 8.64. The fourth-order valence-corrected chi connectivity index (χ4v) is 6.93. The van der Waals surface area contributed by atoms with Crippen molar-refractivity contribution >= 4 is 17.6 Å². The zero-order chi connectivity index (χ0) is 25.8. The average Bonchev–Trinajstić information content (AvgIpc) is 3.45. The Hall–Kier alpha value is -2.93. The Balaban J connectivity index is 1.60. The van der Waals surface area contributed by atoms with Crippen molar-refractivity contribution < 1.29 is 24.6 Å². The molecule has 3 fully saturated rings. The van der Waals surface area contributed by atoms with Crippen molar-refractivity contribution in [1.82, 2.24) is 10.6 Å². The summed E-state index contributed by atoms with van der Waals surface area (Å²) in [7, 11) is 0. The number of carbonyl (C=O) groups excluding carboxylic acids is 3. The molecule has 4 N–H and O–H groups in total. The van der Waals surface area contributed by atoms with Crippen molar-refractivity contribution in [3.8, 4) is 0 Å². The number of fused-ring (bicyclic) bond motifs is 5. The summed E-state index contributed by atoms with van der Waals surface area (Å²) in [4.78, 5) is 37.1. The first-order valence-electron chi connectivity index (χ1n) is 13.3. The third kappa shape index (κ3) is 5.41. The van der Waals surface area contributed by atoms with E-state index in [-0.39, 0.29) is 29.1 Å². The maximum atomic E-state index is 12.6. The molecule has 7 heteroatoms. The second-order valence-electron chi connectivity index (χ2n) is 10.6. The largest absolute Gasteiger partial charge is 0.507 e. The molecule has 2 aliphatic heterocycles. The minimum Gasteiger partial charge on any atom is -0.507 e. The third-order valence-electron chi connectivity index (χ3n) is 8.64. The van der Waals surface area contributed by atoms with Gasteiger partial charge in [-0.25, -0.2) is 0 Å².